The van der Waals surface area contributed by atoms with E-state index in [0.29, 0.717) is 17.5 Å². The van der Waals surface area contributed by atoms with E-state index in [1.54, 1.807) is 12.1 Å². The number of carboxylic acids is 1. The molecular weight excluding hydrogens is 250 g/mol. The van der Waals surface area contributed by atoms with Crippen LogP contribution in [0, 0.1) is 5.92 Å². The molecule has 1 aromatic rings. The fourth-order valence-electron chi connectivity index (χ4n) is 2.65. The van der Waals surface area contributed by atoms with E-state index in [-0.39, 0.29) is 0 Å². The van der Waals surface area contributed by atoms with Gasteiger partial charge in [-0.25, -0.2) is 4.79 Å². The summed E-state index contributed by atoms with van der Waals surface area (Å²) in [6.07, 6.45) is 2.25. The highest BCUT2D eigenvalue weighted by atomic mass is 16.4. The van der Waals surface area contributed by atoms with Gasteiger partial charge >= 0.3 is 5.97 Å². The lowest BCUT2D eigenvalue weighted by Crippen LogP contribution is -2.36. The topological polar surface area (TPSA) is 40.5 Å². The largest absolute Gasteiger partial charge is 0.478 e. The number of hydrogen-bond donors (Lipinski definition) is 1. The van der Waals surface area contributed by atoms with Crippen LogP contribution in [0.3, 0.4) is 0 Å². The SMILES string of the molecule is CCC(CC)N(Cc1cccc(C(=O)O)c1)CC(C)C. The summed E-state index contributed by atoms with van der Waals surface area (Å²) in [4.78, 5) is 13.5. The fraction of sp³-hybridized carbons (Fsp3) is 0.588. The Kier molecular flexibility index (Phi) is 6.73. The van der Waals surface area contributed by atoms with Gasteiger partial charge in [-0.2, -0.15) is 0 Å². The quantitative estimate of drug-likeness (QED) is 0.780. The maximum atomic E-state index is 11.0. The molecule has 112 valence electrons. The van der Waals surface area contributed by atoms with Crippen molar-refractivity contribution in [3.8, 4) is 0 Å². The van der Waals surface area contributed by atoms with E-state index in [2.05, 4.69) is 32.6 Å². The zero-order valence-electron chi connectivity index (χ0n) is 13.1. The average Bonchev–Trinajstić information content (AvgIpc) is 2.39. The van der Waals surface area contributed by atoms with Crippen molar-refractivity contribution in [3.05, 3.63) is 35.4 Å². The van der Waals surface area contributed by atoms with E-state index >= 15 is 0 Å². The predicted molar refractivity (Wildman–Crippen MR) is 83.0 cm³/mol. The molecule has 0 spiro atoms. The molecule has 0 radical (unpaired) electrons. The second-order valence-corrected chi connectivity index (χ2v) is 5.80. The lowest BCUT2D eigenvalue weighted by Gasteiger charge is -2.32. The van der Waals surface area contributed by atoms with Crippen molar-refractivity contribution in [3.63, 3.8) is 0 Å². The highest BCUT2D eigenvalue weighted by molar-refractivity contribution is 5.87. The van der Waals surface area contributed by atoms with Gasteiger partial charge in [0.1, 0.15) is 0 Å². The number of benzene rings is 1. The summed E-state index contributed by atoms with van der Waals surface area (Å²) >= 11 is 0. The van der Waals surface area contributed by atoms with Gasteiger partial charge in [0.25, 0.3) is 0 Å². The molecule has 20 heavy (non-hydrogen) atoms. The van der Waals surface area contributed by atoms with Crippen molar-refractivity contribution in [2.45, 2.75) is 53.1 Å². The first-order valence-corrected chi connectivity index (χ1v) is 7.54. The summed E-state index contributed by atoms with van der Waals surface area (Å²) < 4.78 is 0. The molecule has 1 N–H and O–H groups in total. The first-order chi connectivity index (χ1) is 9.47. The first kappa shape index (κ1) is 16.7. The molecule has 0 aliphatic rings. The summed E-state index contributed by atoms with van der Waals surface area (Å²) in [6, 6.07) is 7.85. The van der Waals surface area contributed by atoms with Crippen LogP contribution in [0.15, 0.2) is 24.3 Å². The third-order valence-electron chi connectivity index (χ3n) is 3.62. The van der Waals surface area contributed by atoms with Gasteiger partial charge in [0, 0.05) is 19.1 Å². The zero-order chi connectivity index (χ0) is 15.1. The fourth-order valence-corrected chi connectivity index (χ4v) is 2.65. The highest BCUT2D eigenvalue weighted by Crippen LogP contribution is 2.16. The van der Waals surface area contributed by atoms with Gasteiger partial charge < -0.3 is 5.11 Å². The minimum Gasteiger partial charge on any atom is -0.478 e. The minimum absolute atomic E-state index is 0.372. The Morgan fingerprint density at radius 1 is 1.25 bits per heavy atom. The molecule has 0 atom stereocenters. The van der Waals surface area contributed by atoms with E-state index in [9.17, 15) is 4.79 Å². The standard InChI is InChI=1S/C17H27NO2/c1-5-16(6-2)18(11-13(3)4)12-14-8-7-9-15(10-14)17(19)20/h7-10,13,16H,5-6,11-12H2,1-4H3,(H,19,20). The van der Waals surface area contributed by atoms with Gasteiger partial charge in [0.15, 0.2) is 0 Å². The lowest BCUT2D eigenvalue weighted by atomic mass is 10.0. The van der Waals surface area contributed by atoms with Crippen molar-refractivity contribution < 1.29 is 9.90 Å². The maximum absolute atomic E-state index is 11.0. The predicted octanol–water partition coefficient (Wildman–Crippen LogP) is 4.03. The number of carbonyl (C=O) groups is 1. The highest BCUT2D eigenvalue weighted by Gasteiger charge is 2.17. The molecular formula is C17H27NO2. The molecule has 0 bridgehead atoms. The molecule has 0 heterocycles. The Hall–Kier alpha value is -1.35. The van der Waals surface area contributed by atoms with Crippen molar-refractivity contribution in [1.82, 2.24) is 4.90 Å². The van der Waals surface area contributed by atoms with Crippen LogP contribution in [-0.2, 0) is 6.54 Å². The Morgan fingerprint density at radius 2 is 1.90 bits per heavy atom. The third-order valence-corrected chi connectivity index (χ3v) is 3.62. The van der Waals surface area contributed by atoms with Gasteiger partial charge in [-0.05, 0) is 36.5 Å². The minimum atomic E-state index is -0.857. The summed E-state index contributed by atoms with van der Waals surface area (Å²) in [5.41, 5.74) is 1.45. The van der Waals surface area contributed by atoms with Crippen molar-refractivity contribution in [2.24, 2.45) is 5.92 Å². The van der Waals surface area contributed by atoms with Gasteiger partial charge in [0.05, 0.1) is 5.56 Å². The van der Waals surface area contributed by atoms with Crippen LogP contribution in [0.2, 0.25) is 0 Å². The van der Waals surface area contributed by atoms with Gasteiger partial charge in [-0.3, -0.25) is 4.90 Å². The van der Waals surface area contributed by atoms with Crippen LogP contribution in [-0.4, -0.2) is 28.6 Å². The summed E-state index contributed by atoms with van der Waals surface area (Å²) in [6.45, 7) is 10.8. The average molecular weight is 277 g/mol. The van der Waals surface area contributed by atoms with Gasteiger partial charge in [-0.15, -0.1) is 0 Å². The zero-order valence-corrected chi connectivity index (χ0v) is 13.1. The van der Waals surface area contributed by atoms with Crippen LogP contribution < -0.4 is 0 Å². The van der Waals surface area contributed by atoms with Crippen LogP contribution in [0.4, 0.5) is 0 Å². The molecule has 0 saturated carbocycles. The molecule has 0 amide bonds. The summed E-state index contributed by atoms with van der Waals surface area (Å²) in [5.74, 6) is -0.247. The Bertz CT molecular complexity index is 425. The number of carboxylic acid groups (broad SMARTS) is 1. The van der Waals surface area contributed by atoms with Gasteiger partial charge in [0.2, 0.25) is 0 Å². The van der Waals surface area contributed by atoms with Crippen LogP contribution in [0.1, 0.15) is 56.5 Å². The Balaban J connectivity index is 2.88. The van der Waals surface area contributed by atoms with E-state index in [1.807, 2.05) is 12.1 Å². The van der Waals surface area contributed by atoms with E-state index in [1.165, 1.54) is 0 Å². The van der Waals surface area contributed by atoms with Crippen LogP contribution >= 0.6 is 0 Å². The third kappa shape index (κ3) is 4.97. The maximum Gasteiger partial charge on any atom is 0.335 e. The second-order valence-electron chi connectivity index (χ2n) is 5.80. The molecule has 1 rings (SSSR count). The lowest BCUT2D eigenvalue weighted by molar-refractivity contribution is 0.0696. The summed E-state index contributed by atoms with van der Waals surface area (Å²) in [5, 5.41) is 9.08. The smallest absolute Gasteiger partial charge is 0.335 e. The summed E-state index contributed by atoms with van der Waals surface area (Å²) in [7, 11) is 0. The van der Waals surface area contributed by atoms with Crippen LogP contribution in [0.5, 0.6) is 0 Å². The number of aromatic carboxylic acids is 1. The molecule has 0 aromatic heterocycles. The Labute approximate surface area is 122 Å². The molecule has 1 aromatic carbocycles. The monoisotopic (exact) mass is 277 g/mol. The number of hydrogen-bond acceptors (Lipinski definition) is 2. The van der Waals surface area contributed by atoms with E-state index in [0.717, 1.165) is 31.5 Å². The van der Waals surface area contributed by atoms with Crippen LogP contribution in [0.25, 0.3) is 0 Å². The van der Waals surface area contributed by atoms with Crippen molar-refractivity contribution in [1.29, 1.82) is 0 Å². The Morgan fingerprint density at radius 3 is 2.40 bits per heavy atom. The van der Waals surface area contributed by atoms with E-state index < -0.39 is 5.97 Å². The molecule has 0 unspecified atom stereocenters. The van der Waals surface area contributed by atoms with Gasteiger partial charge in [-0.1, -0.05) is 39.8 Å². The van der Waals surface area contributed by atoms with E-state index in [4.69, 9.17) is 5.11 Å². The first-order valence-electron chi connectivity index (χ1n) is 7.54. The second kappa shape index (κ2) is 8.05. The molecule has 3 heteroatoms. The molecule has 0 aliphatic heterocycles. The molecule has 0 saturated heterocycles. The normalized spacial score (nSPS) is 11.6. The van der Waals surface area contributed by atoms with Crippen molar-refractivity contribution in [2.75, 3.05) is 6.54 Å². The molecule has 3 nitrogen and oxygen atoms in total. The number of rotatable bonds is 8. The molecule has 0 aliphatic carbocycles. The molecule has 0 fully saturated rings. The number of nitrogens with zero attached hydrogens (tertiary/aromatic N) is 1. The van der Waals surface area contributed by atoms with Crippen molar-refractivity contribution >= 4 is 5.97 Å².